The van der Waals surface area contributed by atoms with Gasteiger partial charge < -0.3 is 10.2 Å². The predicted octanol–water partition coefficient (Wildman–Crippen LogP) is 1.38. The summed E-state index contributed by atoms with van der Waals surface area (Å²) < 4.78 is 0. The van der Waals surface area contributed by atoms with Gasteiger partial charge in [-0.05, 0) is 33.9 Å². The van der Waals surface area contributed by atoms with E-state index in [1.165, 1.54) is 0 Å². The molecular formula is C12H23N3O. The van der Waals surface area contributed by atoms with E-state index in [-0.39, 0.29) is 11.9 Å². The van der Waals surface area contributed by atoms with Gasteiger partial charge in [0.15, 0.2) is 0 Å². The van der Waals surface area contributed by atoms with Crippen LogP contribution < -0.4 is 5.32 Å². The minimum atomic E-state index is -0.947. The molecular weight excluding hydrogens is 202 g/mol. The summed E-state index contributed by atoms with van der Waals surface area (Å²) in [5, 5.41) is 11.7. The summed E-state index contributed by atoms with van der Waals surface area (Å²) in [6.45, 7) is 12.2. The first-order chi connectivity index (χ1) is 7.37. The van der Waals surface area contributed by atoms with Gasteiger partial charge in [-0.1, -0.05) is 13.8 Å². The molecule has 92 valence electrons. The molecule has 1 amide bonds. The smallest absolute Gasteiger partial charge is 0.240 e. The van der Waals surface area contributed by atoms with Crippen LogP contribution in [0.3, 0.4) is 0 Å². The van der Waals surface area contributed by atoms with Gasteiger partial charge in [-0.15, -0.1) is 0 Å². The molecule has 0 aromatic rings. The molecule has 1 unspecified atom stereocenters. The fourth-order valence-corrected chi connectivity index (χ4v) is 1.37. The molecule has 4 nitrogen and oxygen atoms in total. The highest BCUT2D eigenvalue weighted by Gasteiger charge is 2.28. The molecule has 1 atom stereocenters. The Morgan fingerprint density at radius 2 is 1.94 bits per heavy atom. The minimum absolute atomic E-state index is 0.0695. The van der Waals surface area contributed by atoms with Crippen molar-refractivity contribution in [2.75, 3.05) is 19.6 Å². The summed E-state index contributed by atoms with van der Waals surface area (Å²) >= 11 is 0. The summed E-state index contributed by atoms with van der Waals surface area (Å²) in [4.78, 5) is 14.0. The van der Waals surface area contributed by atoms with E-state index in [1.807, 2.05) is 13.0 Å². The van der Waals surface area contributed by atoms with E-state index in [0.717, 1.165) is 19.6 Å². The minimum Gasteiger partial charge on any atom is -0.351 e. The zero-order valence-electron chi connectivity index (χ0n) is 11.0. The van der Waals surface area contributed by atoms with Crippen LogP contribution in [0.5, 0.6) is 0 Å². The molecule has 4 heteroatoms. The van der Waals surface area contributed by atoms with Crippen molar-refractivity contribution in [1.82, 2.24) is 10.2 Å². The molecule has 0 rings (SSSR count). The molecule has 0 aliphatic carbocycles. The zero-order chi connectivity index (χ0) is 12.8. The molecule has 0 aliphatic heterocycles. The maximum atomic E-state index is 11.7. The van der Waals surface area contributed by atoms with Crippen LogP contribution in [0.4, 0.5) is 0 Å². The first-order valence-corrected chi connectivity index (χ1v) is 5.81. The summed E-state index contributed by atoms with van der Waals surface area (Å²) in [5.41, 5.74) is -0.947. The van der Waals surface area contributed by atoms with Crippen LogP contribution in [0.2, 0.25) is 0 Å². The molecule has 1 N–H and O–H groups in total. The van der Waals surface area contributed by atoms with Crippen molar-refractivity contribution in [1.29, 1.82) is 5.26 Å². The van der Waals surface area contributed by atoms with E-state index in [4.69, 9.17) is 5.26 Å². The molecule has 0 saturated heterocycles. The molecule has 0 bridgehead atoms. The van der Waals surface area contributed by atoms with Crippen LogP contribution in [-0.4, -0.2) is 36.5 Å². The number of nitrogens with one attached hydrogen (secondary N) is 1. The Balaban J connectivity index is 4.21. The summed E-state index contributed by atoms with van der Waals surface area (Å²) in [7, 11) is 0. The molecule has 0 radical (unpaired) electrons. The Morgan fingerprint density at radius 1 is 1.44 bits per heavy atom. The van der Waals surface area contributed by atoms with Crippen LogP contribution in [0.25, 0.3) is 0 Å². The SMILES string of the molecule is CCN(CC)CC(C)NC(=O)C(C)(C)C#N. The average molecular weight is 225 g/mol. The van der Waals surface area contributed by atoms with E-state index < -0.39 is 5.41 Å². The van der Waals surface area contributed by atoms with Crippen molar-refractivity contribution in [3.05, 3.63) is 0 Å². The summed E-state index contributed by atoms with van der Waals surface area (Å²) in [6.07, 6.45) is 0. The van der Waals surface area contributed by atoms with Gasteiger partial charge in [-0.25, -0.2) is 0 Å². The van der Waals surface area contributed by atoms with Gasteiger partial charge in [0.25, 0.3) is 0 Å². The van der Waals surface area contributed by atoms with Gasteiger partial charge in [0.05, 0.1) is 6.07 Å². The zero-order valence-corrected chi connectivity index (χ0v) is 11.0. The average Bonchev–Trinajstić information content (AvgIpc) is 2.25. The van der Waals surface area contributed by atoms with E-state index in [9.17, 15) is 4.79 Å². The van der Waals surface area contributed by atoms with Gasteiger partial charge in [0.1, 0.15) is 5.41 Å². The Labute approximate surface area is 98.6 Å². The van der Waals surface area contributed by atoms with Gasteiger partial charge in [0.2, 0.25) is 5.91 Å². The van der Waals surface area contributed by atoms with E-state index in [1.54, 1.807) is 13.8 Å². The number of nitriles is 1. The molecule has 0 aromatic carbocycles. The normalized spacial score (nSPS) is 13.3. The molecule has 0 fully saturated rings. The first kappa shape index (κ1) is 14.9. The fraction of sp³-hybridized carbons (Fsp3) is 0.833. The second kappa shape index (κ2) is 6.49. The number of carbonyl (C=O) groups is 1. The number of hydrogen-bond acceptors (Lipinski definition) is 3. The lowest BCUT2D eigenvalue weighted by atomic mass is 9.94. The van der Waals surface area contributed by atoms with Crippen molar-refractivity contribution in [3.8, 4) is 6.07 Å². The highest BCUT2D eigenvalue weighted by molar-refractivity contribution is 5.84. The van der Waals surface area contributed by atoms with Crippen molar-refractivity contribution >= 4 is 5.91 Å². The van der Waals surface area contributed by atoms with Crippen LogP contribution >= 0.6 is 0 Å². The van der Waals surface area contributed by atoms with Gasteiger partial charge in [-0.3, -0.25) is 4.79 Å². The number of nitrogens with zero attached hydrogens (tertiary/aromatic N) is 2. The quantitative estimate of drug-likeness (QED) is 0.743. The van der Waals surface area contributed by atoms with E-state index >= 15 is 0 Å². The highest BCUT2D eigenvalue weighted by Crippen LogP contribution is 2.13. The fourth-order valence-electron chi connectivity index (χ4n) is 1.37. The third-order valence-electron chi connectivity index (χ3n) is 2.65. The molecule has 0 saturated carbocycles. The molecule has 0 aromatic heterocycles. The van der Waals surface area contributed by atoms with Gasteiger partial charge in [0, 0.05) is 12.6 Å². The summed E-state index contributed by atoms with van der Waals surface area (Å²) in [5.74, 6) is -0.199. The van der Waals surface area contributed by atoms with E-state index in [0.29, 0.717) is 0 Å². The monoisotopic (exact) mass is 225 g/mol. The van der Waals surface area contributed by atoms with Crippen LogP contribution in [-0.2, 0) is 4.79 Å². The number of hydrogen-bond donors (Lipinski definition) is 1. The maximum absolute atomic E-state index is 11.7. The van der Waals surface area contributed by atoms with Crippen LogP contribution in [0.1, 0.15) is 34.6 Å². The lowest BCUT2D eigenvalue weighted by molar-refractivity contribution is -0.127. The number of amides is 1. The lowest BCUT2D eigenvalue weighted by Gasteiger charge is -2.25. The Morgan fingerprint density at radius 3 is 2.31 bits per heavy atom. The van der Waals surface area contributed by atoms with Crippen molar-refractivity contribution in [2.24, 2.45) is 5.41 Å². The molecule has 16 heavy (non-hydrogen) atoms. The second-order valence-electron chi connectivity index (χ2n) is 4.60. The summed E-state index contributed by atoms with van der Waals surface area (Å²) in [6, 6.07) is 2.07. The Hall–Kier alpha value is -1.08. The number of rotatable bonds is 6. The van der Waals surface area contributed by atoms with E-state index in [2.05, 4.69) is 24.1 Å². The standard InChI is InChI=1S/C12H23N3O/c1-6-15(7-2)8-10(3)14-11(16)12(4,5)9-13/h10H,6-8H2,1-5H3,(H,14,16). The van der Waals surface area contributed by atoms with Crippen LogP contribution in [0.15, 0.2) is 0 Å². The highest BCUT2D eigenvalue weighted by atomic mass is 16.2. The third-order valence-corrected chi connectivity index (χ3v) is 2.65. The molecule has 0 aliphatic rings. The van der Waals surface area contributed by atoms with Crippen molar-refractivity contribution in [3.63, 3.8) is 0 Å². The Kier molecular flexibility index (Phi) is 6.05. The molecule has 0 heterocycles. The number of carbonyl (C=O) groups excluding carboxylic acids is 1. The Bertz CT molecular complexity index is 264. The second-order valence-corrected chi connectivity index (χ2v) is 4.60. The van der Waals surface area contributed by atoms with Crippen molar-refractivity contribution in [2.45, 2.75) is 40.7 Å². The maximum Gasteiger partial charge on any atom is 0.240 e. The topological polar surface area (TPSA) is 56.1 Å². The first-order valence-electron chi connectivity index (χ1n) is 5.81. The molecule has 0 spiro atoms. The predicted molar refractivity (Wildman–Crippen MR) is 64.8 cm³/mol. The third kappa shape index (κ3) is 4.63. The van der Waals surface area contributed by atoms with Gasteiger partial charge >= 0.3 is 0 Å². The van der Waals surface area contributed by atoms with Crippen molar-refractivity contribution < 1.29 is 4.79 Å². The lowest BCUT2D eigenvalue weighted by Crippen LogP contribution is -2.46. The van der Waals surface area contributed by atoms with Crippen LogP contribution in [0, 0.1) is 16.7 Å². The number of likely N-dealkylation sites (N-methyl/N-ethyl adjacent to an activating group) is 1. The van der Waals surface area contributed by atoms with Gasteiger partial charge in [-0.2, -0.15) is 5.26 Å². The largest absolute Gasteiger partial charge is 0.351 e.